The van der Waals surface area contributed by atoms with Gasteiger partial charge in [-0.1, -0.05) is 27.2 Å². The molecule has 1 amide bonds. The van der Waals surface area contributed by atoms with Crippen LogP contribution in [0.25, 0.3) is 0 Å². The summed E-state index contributed by atoms with van der Waals surface area (Å²) in [5, 5.41) is 17.0. The molecule has 1 heterocycles. The lowest BCUT2D eigenvalue weighted by Crippen LogP contribution is -2.36. The summed E-state index contributed by atoms with van der Waals surface area (Å²) in [4.78, 5) is 14.2. The number of hydrogen-bond acceptors (Lipinski definition) is 3. The fraction of sp³-hybridized carbons (Fsp3) is 0.750. The van der Waals surface area contributed by atoms with Crippen LogP contribution in [0.2, 0.25) is 0 Å². The molecule has 0 spiro atoms. The molecule has 1 saturated carbocycles. The molecule has 2 N–H and O–H groups in total. The van der Waals surface area contributed by atoms with Crippen molar-refractivity contribution in [1.82, 2.24) is 15.1 Å². The molecule has 1 aliphatic rings. The molecule has 21 heavy (non-hydrogen) atoms. The van der Waals surface area contributed by atoms with Gasteiger partial charge in [0.25, 0.3) is 0 Å². The number of carbonyl (C=O) groups is 1. The smallest absolute Gasteiger partial charge is 0.225 e. The first-order chi connectivity index (χ1) is 9.77. The van der Waals surface area contributed by atoms with E-state index in [2.05, 4.69) is 31.0 Å². The largest absolute Gasteiger partial charge is 0.393 e. The Morgan fingerprint density at radius 1 is 1.48 bits per heavy atom. The van der Waals surface area contributed by atoms with Crippen LogP contribution in [0, 0.1) is 5.92 Å². The lowest BCUT2D eigenvalue weighted by atomic mass is 9.86. The topological polar surface area (TPSA) is 69.2 Å². The molecule has 1 aromatic rings. The molecule has 118 valence electrons. The van der Waals surface area contributed by atoms with E-state index in [-0.39, 0.29) is 23.3 Å². The maximum Gasteiger partial charge on any atom is 0.225 e. The van der Waals surface area contributed by atoms with Gasteiger partial charge in [-0.05, 0) is 25.3 Å². The lowest BCUT2D eigenvalue weighted by Gasteiger charge is -2.28. The van der Waals surface area contributed by atoms with Crippen molar-refractivity contribution in [1.29, 1.82) is 0 Å². The van der Waals surface area contributed by atoms with E-state index in [1.54, 1.807) is 4.90 Å². The molecule has 5 nitrogen and oxygen atoms in total. The number of aliphatic hydroxyl groups is 1. The van der Waals surface area contributed by atoms with Crippen LogP contribution >= 0.6 is 0 Å². The average molecular weight is 293 g/mol. The summed E-state index contributed by atoms with van der Waals surface area (Å²) in [5.74, 6) is 0.0874. The average Bonchev–Trinajstić information content (AvgIpc) is 2.86. The molecule has 1 fully saturated rings. The van der Waals surface area contributed by atoms with Crippen molar-refractivity contribution in [2.45, 2.75) is 64.5 Å². The third kappa shape index (κ3) is 4.06. The van der Waals surface area contributed by atoms with Crippen LogP contribution in [-0.4, -0.2) is 39.3 Å². The summed E-state index contributed by atoms with van der Waals surface area (Å²) in [7, 11) is 1.82. The molecule has 1 aromatic heterocycles. The van der Waals surface area contributed by atoms with Gasteiger partial charge in [0.15, 0.2) is 0 Å². The van der Waals surface area contributed by atoms with Gasteiger partial charge in [-0.15, -0.1) is 0 Å². The van der Waals surface area contributed by atoms with Crippen molar-refractivity contribution in [3.63, 3.8) is 0 Å². The highest BCUT2D eigenvalue weighted by Crippen LogP contribution is 2.26. The number of aromatic amines is 1. The third-order valence-corrected chi connectivity index (χ3v) is 4.18. The SMILES string of the molecule is CN(Cc1cc(C(C)(C)C)n[nH]1)C(=O)[C@@H]1CCC[C@H](O)C1. The summed E-state index contributed by atoms with van der Waals surface area (Å²) in [6, 6.07) is 2.03. The van der Waals surface area contributed by atoms with Crippen molar-refractivity contribution in [3.8, 4) is 0 Å². The van der Waals surface area contributed by atoms with Gasteiger partial charge >= 0.3 is 0 Å². The van der Waals surface area contributed by atoms with Crippen molar-refractivity contribution in [2.75, 3.05) is 7.05 Å². The monoisotopic (exact) mass is 293 g/mol. The standard InChI is InChI=1S/C16H27N3O2/c1-16(2,3)14-9-12(17-18-14)10-19(4)15(21)11-6-5-7-13(20)8-11/h9,11,13,20H,5-8,10H2,1-4H3,(H,17,18)/t11-,13+/m1/s1. The Bertz CT molecular complexity index is 490. The summed E-state index contributed by atoms with van der Waals surface area (Å²) in [6.07, 6.45) is 2.92. The van der Waals surface area contributed by atoms with Crippen LogP contribution in [0.15, 0.2) is 6.07 Å². The Hall–Kier alpha value is -1.36. The molecule has 2 atom stereocenters. The number of H-pyrrole nitrogens is 1. The molecule has 1 aliphatic carbocycles. The quantitative estimate of drug-likeness (QED) is 0.898. The number of aromatic nitrogens is 2. The summed E-state index contributed by atoms with van der Waals surface area (Å²) < 4.78 is 0. The number of hydrogen-bond donors (Lipinski definition) is 2. The third-order valence-electron chi connectivity index (χ3n) is 4.18. The fourth-order valence-corrected chi connectivity index (χ4v) is 2.86. The van der Waals surface area contributed by atoms with E-state index in [0.29, 0.717) is 13.0 Å². The van der Waals surface area contributed by atoms with E-state index in [0.717, 1.165) is 30.7 Å². The fourth-order valence-electron chi connectivity index (χ4n) is 2.86. The normalized spacial score (nSPS) is 23.1. The molecule has 0 unspecified atom stereocenters. The second-order valence-electron chi connectivity index (χ2n) is 7.24. The van der Waals surface area contributed by atoms with Crippen molar-refractivity contribution in [2.24, 2.45) is 5.92 Å². The molecule has 5 heteroatoms. The first kappa shape index (κ1) is 16.0. The Morgan fingerprint density at radius 2 is 2.19 bits per heavy atom. The molecule has 2 rings (SSSR count). The number of carbonyl (C=O) groups excluding carboxylic acids is 1. The van der Waals surface area contributed by atoms with Crippen LogP contribution in [0.1, 0.15) is 57.8 Å². The number of nitrogens with one attached hydrogen (secondary N) is 1. The van der Waals surface area contributed by atoms with Crippen molar-refractivity contribution < 1.29 is 9.90 Å². The number of nitrogens with zero attached hydrogens (tertiary/aromatic N) is 2. The highest BCUT2D eigenvalue weighted by Gasteiger charge is 2.28. The Morgan fingerprint density at radius 3 is 2.76 bits per heavy atom. The van der Waals surface area contributed by atoms with Gasteiger partial charge in [-0.25, -0.2) is 0 Å². The van der Waals surface area contributed by atoms with Gasteiger partial charge < -0.3 is 10.0 Å². The first-order valence-corrected chi connectivity index (χ1v) is 7.75. The molecular formula is C16H27N3O2. The number of aliphatic hydroxyl groups excluding tert-OH is 1. The van der Waals surface area contributed by atoms with Gasteiger partial charge in [-0.3, -0.25) is 9.89 Å². The van der Waals surface area contributed by atoms with E-state index in [1.807, 2.05) is 13.1 Å². The van der Waals surface area contributed by atoms with E-state index in [1.165, 1.54) is 0 Å². The second-order valence-corrected chi connectivity index (χ2v) is 7.24. The maximum atomic E-state index is 12.4. The molecule has 0 aliphatic heterocycles. The van der Waals surface area contributed by atoms with Gasteiger partial charge in [0.05, 0.1) is 24.0 Å². The van der Waals surface area contributed by atoms with Gasteiger partial charge in [0.2, 0.25) is 5.91 Å². The first-order valence-electron chi connectivity index (χ1n) is 7.75. The van der Waals surface area contributed by atoms with Crippen LogP contribution in [0.5, 0.6) is 0 Å². The van der Waals surface area contributed by atoms with Crippen molar-refractivity contribution >= 4 is 5.91 Å². The minimum atomic E-state index is -0.319. The Balaban J connectivity index is 1.96. The van der Waals surface area contributed by atoms with E-state index in [9.17, 15) is 9.90 Å². The summed E-state index contributed by atoms with van der Waals surface area (Å²) in [5.41, 5.74) is 1.96. The van der Waals surface area contributed by atoms with Crippen LogP contribution in [0.4, 0.5) is 0 Å². The highest BCUT2D eigenvalue weighted by atomic mass is 16.3. The van der Waals surface area contributed by atoms with Crippen LogP contribution in [-0.2, 0) is 16.8 Å². The molecule has 0 radical (unpaired) electrons. The number of amides is 1. The molecule has 0 saturated heterocycles. The van der Waals surface area contributed by atoms with Gasteiger partial charge in [0.1, 0.15) is 0 Å². The predicted molar refractivity (Wildman–Crippen MR) is 81.7 cm³/mol. The van der Waals surface area contributed by atoms with Gasteiger partial charge in [-0.2, -0.15) is 5.10 Å². The van der Waals surface area contributed by atoms with E-state index < -0.39 is 0 Å². The molecular weight excluding hydrogens is 266 g/mol. The van der Waals surface area contributed by atoms with Crippen molar-refractivity contribution in [3.05, 3.63) is 17.5 Å². The minimum Gasteiger partial charge on any atom is -0.393 e. The summed E-state index contributed by atoms with van der Waals surface area (Å²) in [6.45, 7) is 6.89. The van der Waals surface area contributed by atoms with Gasteiger partial charge in [0, 0.05) is 18.4 Å². The molecule has 0 bridgehead atoms. The van der Waals surface area contributed by atoms with Crippen LogP contribution in [0.3, 0.4) is 0 Å². The summed E-state index contributed by atoms with van der Waals surface area (Å²) >= 11 is 0. The van der Waals surface area contributed by atoms with Crippen LogP contribution < -0.4 is 0 Å². The lowest BCUT2D eigenvalue weighted by molar-refractivity contribution is -0.137. The predicted octanol–water partition coefficient (Wildman–Crippen LogP) is 2.22. The van der Waals surface area contributed by atoms with E-state index >= 15 is 0 Å². The zero-order valence-corrected chi connectivity index (χ0v) is 13.5. The maximum absolute atomic E-state index is 12.4. The highest BCUT2D eigenvalue weighted by molar-refractivity contribution is 5.78. The zero-order chi connectivity index (χ0) is 15.6. The van der Waals surface area contributed by atoms with E-state index in [4.69, 9.17) is 0 Å². The zero-order valence-electron chi connectivity index (χ0n) is 13.5. The minimum absolute atomic E-state index is 0.00477. The number of rotatable bonds is 3. The molecule has 0 aromatic carbocycles. The Labute approximate surface area is 126 Å². The Kier molecular flexibility index (Phi) is 4.71. The second kappa shape index (κ2) is 6.18.